The van der Waals surface area contributed by atoms with Crippen molar-refractivity contribution in [1.29, 1.82) is 0 Å². The Balaban J connectivity index is 1.91. The van der Waals surface area contributed by atoms with Gasteiger partial charge in [0, 0.05) is 37.7 Å². The van der Waals surface area contributed by atoms with Crippen LogP contribution in [0, 0.1) is 6.92 Å². The SMILES string of the molecule is COc1ccc(N(CC(=O)NN=C2CCN(C)CC2)S(=O)(=O)c2ccc(C)cc2)cc1OC. The first-order valence-electron chi connectivity index (χ1n) is 10.6. The van der Waals surface area contributed by atoms with E-state index in [9.17, 15) is 13.2 Å². The molecule has 178 valence electrons. The highest BCUT2D eigenvalue weighted by molar-refractivity contribution is 7.92. The van der Waals surface area contributed by atoms with Crippen molar-refractivity contribution in [2.24, 2.45) is 5.10 Å². The minimum absolute atomic E-state index is 0.0808. The van der Waals surface area contributed by atoms with Gasteiger partial charge in [-0.3, -0.25) is 9.10 Å². The number of sulfonamides is 1. The van der Waals surface area contributed by atoms with E-state index < -0.39 is 22.5 Å². The van der Waals surface area contributed by atoms with Crippen LogP contribution < -0.4 is 19.2 Å². The second kappa shape index (κ2) is 10.7. The number of amides is 1. The first-order valence-corrected chi connectivity index (χ1v) is 12.0. The predicted molar refractivity (Wildman–Crippen MR) is 128 cm³/mol. The van der Waals surface area contributed by atoms with Crippen LogP contribution in [-0.2, 0) is 14.8 Å². The maximum atomic E-state index is 13.5. The van der Waals surface area contributed by atoms with Gasteiger partial charge < -0.3 is 14.4 Å². The Hall–Kier alpha value is -3.11. The zero-order chi connectivity index (χ0) is 24.0. The largest absolute Gasteiger partial charge is 0.493 e. The van der Waals surface area contributed by atoms with Crippen molar-refractivity contribution in [2.75, 3.05) is 45.2 Å². The van der Waals surface area contributed by atoms with Gasteiger partial charge in [-0.15, -0.1) is 0 Å². The maximum Gasteiger partial charge on any atom is 0.264 e. The average Bonchev–Trinajstić information content (AvgIpc) is 2.82. The van der Waals surface area contributed by atoms with Gasteiger partial charge in [-0.1, -0.05) is 17.7 Å². The molecule has 0 atom stereocenters. The number of nitrogens with zero attached hydrogens (tertiary/aromatic N) is 3. The van der Waals surface area contributed by atoms with Gasteiger partial charge in [-0.2, -0.15) is 5.10 Å². The first kappa shape index (κ1) is 24.5. The number of hydrazone groups is 1. The van der Waals surface area contributed by atoms with Crippen LogP contribution in [0.1, 0.15) is 18.4 Å². The van der Waals surface area contributed by atoms with Gasteiger partial charge in [0.2, 0.25) is 0 Å². The van der Waals surface area contributed by atoms with Crippen LogP contribution >= 0.6 is 0 Å². The Kier molecular flexibility index (Phi) is 7.93. The number of anilines is 1. The summed E-state index contributed by atoms with van der Waals surface area (Å²) in [5, 5.41) is 4.22. The molecule has 0 spiro atoms. The Morgan fingerprint density at radius 3 is 2.30 bits per heavy atom. The molecular formula is C23H30N4O5S. The van der Waals surface area contributed by atoms with Crippen LogP contribution in [0.3, 0.4) is 0 Å². The zero-order valence-corrected chi connectivity index (χ0v) is 20.2. The standard InChI is InChI=1S/C23H30N4O5S/c1-17-5-8-20(9-6-17)33(29,30)27(19-7-10-21(31-3)22(15-19)32-4)16-23(28)25-24-18-11-13-26(2)14-12-18/h5-10,15H,11-14,16H2,1-4H3,(H,25,28). The second-order valence-corrected chi connectivity index (χ2v) is 9.74. The number of aryl methyl sites for hydroxylation is 1. The highest BCUT2D eigenvalue weighted by Crippen LogP contribution is 2.33. The van der Waals surface area contributed by atoms with Crippen molar-refractivity contribution < 1.29 is 22.7 Å². The minimum Gasteiger partial charge on any atom is -0.493 e. The third-order valence-electron chi connectivity index (χ3n) is 5.45. The van der Waals surface area contributed by atoms with E-state index in [0.29, 0.717) is 11.5 Å². The van der Waals surface area contributed by atoms with Gasteiger partial charge in [0.1, 0.15) is 6.54 Å². The molecule has 1 fully saturated rings. The van der Waals surface area contributed by atoms with E-state index in [1.54, 1.807) is 24.3 Å². The van der Waals surface area contributed by atoms with Crippen molar-refractivity contribution in [3.8, 4) is 11.5 Å². The Morgan fingerprint density at radius 2 is 1.70 bits per heavy atom. The van der Waals surface area contributed by atoms with Crippen LogP contribution in [0.5, 0.6) is 11.5 Å². The molecule has 1 heterocycles. The van der Waals surface area contributed by atoms with Gasteiger partial charge in [-0.25, -0.2) is 13.8 Å². The quantitative estimate of drug-likeness (QED) is 0.590. The molecule has 0 radical (unpaired) electrons. The lowest BCUT2D eigenvalue weighted by Gasteiger charge is -2.25. The van der Waals surface area contributed by atoms with Crippen molar-refractivity contribution >= 4 is 27.3 Å². The lowest BCUT2D eigenvalue weighted by Crippen LogP contribution is -2.40. The number of rotatable bonds is 8. The molecule has 2 aromatic carbocycles. The van der Waals surface area contributed by atoms with E-state index in [4.69, 9.17) is 9.47 Å². The van der Waals surface area contributed by atoms with Gasteiger partial charge in [-0.05, 0) is 38.2 Å². The van der Waals surface area contributed by atoms with Crippen LogP contribution in [0.25, 0.3) is 0 Å². The van der Waals surface area contributed by atoms with E-state index in [1.807, 2.05) is 14.0 Å². The lowest BCUT2D eigenvalue weighted by molar-refractivity contribution is -0.119. The lowest BCUT2D eigenvalue weighted by atomic mass is 10.1. The molecule has 3 rings (SSSR count). The molecule has 1 aliphatic rings. The summed E-state index contributed by atoms with van der Waals surface area (Å²) in [6.45, 7) is 3.17. The second-order valence-electron chi connectivity index (χ2n) is 7.88. The normalized spacial score (nSPS) is 14.5. The number of hydrogen-bond acceptors (Lipinski definition) is 7. The molecule has 2 aromatic rings. The van der Waals surface area contributed by atoms with Crippen molar-refractivity contribution in [3.63, 3.8) is 0 Å². The average molecular weight is 475 g/mol. The third-order valence-corrected chi connectivity index (χ3v) is 7.24. The molecule has 33 heavy (non-hydrogen) atoms. The summed E-state index contributed by atoms with van der Waals surface area (Å²) in [6, 6.07) is 11.2. The smallest absolute Gasteiger partial charge is 0.264 e. The molecule has 1 N–H and O–H groups in total. The van der Waals surface area contributed by atoms with E-state index in [0.717, 1.165) is 41.5 Å². The number of hydrogen-bond donors (Lipinski definition) is 1. The van der Waals surface area contributed by atoms with Gasteiger partial charge in [0.25, 0.3) is 15.9 Å². The summed E-state index contributed by atoms with van der Waals surface area (Å²) in [5.41, 5.74) is 4.61. The number of ether oxygens (including phenoxy) is 2. The number of carbonyl (C=O) groups excluding carboxylic acids is 1. The number of methoxy groups -OCH3 is 2. The van der Waals surface area contributed by atoms with E-state index >= 15 is 0 Å². The fourth-order valence-electron chi connectivity index (χ4n) is 3.43. The zero-order valence-electron chi connectivity index (χ0n) is 19.4. The predicted octanol–water partition coefficient (Wildman–Crippen LogP) is 2.41. The molecule has 0 aromatic heterocycles. The third kappa shape index (κ3) is 6.02. The number of carbonyl (C=O) groups is 1. The van der Waals surface area contributed by atoms with Crippen LogP contribution in [-0.4, -0.2) is 65.8 Å². The van der Waals surface area contributed by atoms with Crippen LogP contribution in [0.15, 0.2) is 52.5 Å². The molecule has 9 nitrogen and oxygen atoms in total. The molecule has 1 amide bonds. The van der Waals surface area contributed by atoms with E-state index in [-0.39, 0.29) is 10.6 Å². The topological polar surface area (TPSA) is 101 Å². The van der Waals surface area contributed by atoms with Gasteiger partial charge in [0.15, 0.2) is 11.5 Å². The monoisotopic (exact) mass is 474 g/mol. The maximum absolute atomic E-state index is 13.5. The summed E-state index contributed by atoms with van der Waals surface area (Å²) in [7, 11) is 0.951. The number of likely N-dealkylation sites (tertiary alicyclic amines) is 1. The Morgan fingerprint density at radius 1 is 1.06 bits per heavy atom. The number of benzene rings is 2. The highest BCUT2D eigenvalue weighted by Gasteiger charge is 2.28. The van der Waals surface area contributed by atoms with E-state index in [2.05, 4.69) is 15.4 Å². The fourth-order valence-corrected chi connectivity index (χ4v) is 4.84. The van der Waals surface area contributed by atoms with Crippen LogP contribution in [0.4, 0.5) is 5.69 Å². The summed E-state index contributed by atoms with van der Waals surface area (Å²) in [4.78, 5) is 15.0. The molecule has 1 aliphatic heterocycles. The summed E-state index contributed by atoms with van der Waals surface area (Å²) in [5.74, 6) is 0.269. The summed E-state index contributed by atoms with van der Waals surface area (Å²) in [6.07, 6.45) is 1.52. The van der Waals surface area contributed by atoms with Crippen LogP contribution in [0.2, 0.25) is 0 Å². The minimum atomic E-state index is -4.04. The highest BCUT2D eigenvalue weighted by atomic mass is 32.2. The Bertz CT molecular complexity index is 1110. The number of nitrogens with one attached hydrogen (secondary N) is 1. The van der Waals surface area contributed by atoms with Crippen molar-refractivity contribution in [1.82, 2.24) is 10.3 Å². The number of piperidine rings is 1. The van der Waals surface area contributed by atoms with Crippen molar-refractivity contribution in [2.45, 2.75) is 24.7 Å². The van der Waals surface area contributed by atoms with Crippen molar-refractivity contribution in [3.05, 3.63) is 48.0 Å². The summed E-state index contributed by atoms with van der Waals surface area (Å²) >= 11 is 0. The van der Waals surface area contributed by atoms with E-state index in [1.165, 1.54) is 32.4 Å². The summed E-state index contributed by atoms with van der Waals surface area (Å²) < 4.78 is 38.6. The molecule has 1 saturated heterocycles. The Labute approximate surface area is 195 Å². The molecule has 0 unspecified atom stereocenters. The molecule has 0 aliphatic carbocycles. The molecule has 0 saturated carbocycles. The fraction of sp³-hybridized carbons (Fsp3) is 0.391. The van der Waals surface area contributed by atoms with Gasteiger partial charge >= 0.3 is 0 Å². The van der Waals surface area contributed by atoms with Gasteiger partial charge in [0.05, 0.1) is 24.8 Å². The molecule has 10 heteroatoms. The molecule has 0 bridgehead atoms. The molecular weight excluding hydrogens is 444 g/mol. The first-order chi connectivity index (χ1) is 15.7.